The number of hydrogen-bond donors (Lipinski definition) is 1. The van der Waals surface area contributed by atoms with Crippen molar-refractivity contribution >= 4 is 40.6 Å². The summed E-state index contributed by atoms with van der Waals surface area (Å²) in [4.78, 5) is 28.5. The molecule has 0 saturated carbocycles. The molecule has 0 spiro atoms. The summed E-state index contributed by atoms with van der Waals surface area (Å²) in [6.07, 6.45) is -1.12. The Balaban J connectivity index is 1.73. The fourth-order valence-corrected chi connectivity index (χ4v) is 3.43. The van der Waals surface area contributed by atoms with Crippen molar-refractivity contribution in [2.24, 2.45) is 0 Å². The van der Waals surface area contributed by atoms with Gasteiger partial charge in [-0.15, -0.1) is 0 Å². The zero-order valence-electron chi connectivity index (χ0n) is 15.7. The number of hydrogen-bond acceptors (Lipinski definition) is 5. The lowest BCUT2D eigenvalue weighted by atomic mass is 10.2. The third-order valence-electron chi connectivity index (χ3n) is 4.81. The summed E-state index contributed by atoms with van der Waals surface area (Å²) in [5.41, 5.74) is -0.0400. The van der Waals surface area contributed by atoms with Gasteiger partial charge in [0, 0.05) is 45.2 Å². The molecule has 2 saturated heterocycles. The second-order valence-electron chi connectivity index (χ2n) is 6.80. The third-order valence-corrected chi connectivity index (χ3v) is 4.95. The maximum atomic E-state index is 14.7. The summed E-state index contributed by atoms with van der Waals surface area (Å²) in [6, 6.07) is 2.27. The Morgan fingerprint density at radius 2 is 1.82 bits per heavy atom. The average molecular weight is 412 g/mol. The zero-order valence-corrected chi connectivity index (χ0v) is 16.5. The highest BCUT2D eigenvalue weighted by Crippen LogP contribution is 2.31. The van der Waals surface area contributed by atoms with Crippen LogP contribution in [0.2, 0.25) is 0 Å². The third kappa shape index (κ3) is 4.32. The lowest BCUT2D eigenvalue weighted by Crippen LogP contribution is -2.48. The van der Waals surface area contributed by atoms with E-state index >= 15 is 0 Å². The summed E-state index contributed by atoms with van der Waals surface area (Å²) >= 11 is 4.92. The fraction of sp³-hybridized carbons (Fsp3) is 0.500. The number of rotatable bonds is 4. The van der Waals surface area contributed by atoms with Crippen LogP contribution in [0.3, 0.4) is 0 Å². The number of amides is 2. The first-order valence-corrected chi connectivity index (χ1v) is 9.39. The van der Waals surface area contributed by atoms with E-state index in [0.717, 1.165) is 12.1 Å². The largest absolute Gasteiger partial charge is 0.442 e. The van der Waals surface area contributed by atoms with E-state index in [-0.39, 0.29) is 23.8 Å². The molecule has 2 amide bonds. The molecule has 1 unspecified atom stereocenters. The molecular formula is C18H22F2N4O3S. The molecule has 0 aliphatic carbocycles. The van der Waals surface area contributed by atoms with Crippen LogP contribution in [0.4, 0.5) is 25.0 Å². The average Bonchev–Trinajstić information content (AvgIpc) is 3.00. The van der Waals surface area contributed by atoms with Crippen LogP contribution in [0.15, 0.2) is 12.1 Å². The number of anilines is 2. The first-order chi connectivity index (χ1) is 13.3. The molecule has 3 rings (SSSR count). The molecule has 1 aromatic rings. The zero-order chi connectivity index (χ0) is 20.4. The van der Waals surface area contributed by atoms with Gasteiger partial charge < -0.3 is 19.9 Å². The van der Waals surface area contributed by atoms with Crippen LogP contribution in [0, 0.1) is 11.6 Å². The van der Waals surface area contributed by atoms with Gasteiger partial charge in [0.1, 0.15) is 11.8 Å². The lowest BCUT2D eigenvalue weighted by molar-refractivity contribution is -0.129. The molecular weight excluding hydrogens is 390 g/mol. The van der Waals surface area contributed by atoms with Crippen molar-refractivity contribution in [2.45, 2.75) is 20.0 Å². The number of nitrogens with one attached hydrogen (secondary N) is 1. The Morgan fingerprint density at radius 3 is 2.36 bits per heavy atom. The van der Waals surface area contributed by atoms with Gasteiger partial charge in [-0.25, -0.2) is 13.6 Å². The Morgan fingerprint density at radius 1 is 1.21 bits per heavy atom. The summed E-state index contributed by atoms with van der Waals surface area (Å²) < 4.78 is 34.6. The van der Waals surface area contributed by atoms with Gasteiger partial charge in [-0.2, -0.15) is 0 Å². The highest BCUT2D eigenvalue weighted by Gasteiger charge is 2.34. The standard InChI is InChI=1S/C18H22F2N4O3S/c1-11(28)21-9-14-10-24(18(26)27-14)13-7-15(19)17(16(20)8-13)23-5-3-22(4-6-23)12(2)25/h7-8,14H,3-6,9-10H2,1-2H3,(H,21,28). The topological polar surface area (TPSA) is 65.1 Å². The van der Waals surface area contributed by atoms with Gasteiger partial charge in [0.05, 0.1) is 23.8 Å². The Hall–Kier alpha value is -2.49. The molecule has 0 aromatic heterocycles. The van der Waals surface area contributed by atoms with Gasteiger partial charge in [-0.3, -0.25) is 9.69 Å². The second kappa shape index (κ2) is 8.26. The van der Waals surface area contributed by atoms with Crippen molar-refractivity contribution in [3.8, 4) is 0 Å². The monoisotopic (exact) mass is 412 g/mol. The van der Waals surface area contributed by atoms with Crippen LogP contribution in [0.25, 0.3) is 0 Å². The van der Waals surface area contributed by atoms with Gasteiger partial charge in [-0.05, 0) is 6.92 Å². The van der Waals surface area contributed by atoms with Crippen LogP contribution < -0.4 is 15.1 Å². The molecule has 0 bridgehead atoms. The summed E-state index contributed by atoms with van der Waals surface area (Å²) in [5, 5.41) is 2.91. The van der Waals surface area contributed by atoms with Crippen molar-refractivity contribution in [3.63, 3.8) is 0 Å². The minimum atomic E-state index is -0.754. The number of carbonyl (C=O) groups excluding carboxylic acids is 2. The second-order valence-corrected chi connectivity index (χ2v) is 7.42. The van der Waals surface area contributed by atoms with Gasteiger partial charge in [-0.1, -0.05) is 12.2 Å². The SMILES string of the molecule is CC(=O)N1CCN(c2c(F)cc(N3CC(CNC(C)=S)OC3=O)cc2F)CC1. The molecule has 1 aromatic carbocycles. The predicted molar refractivity (Wildman–Crippen MR) is 105 cm³/mol. The van der Waals surface area contributed by atoms with Crippen molar-refractivity contribution in [2.75, 3.05) is 49.1 Å². The number of benzene rings is 1. The molecule has 1 atom stereocenters. The molecule has 152 valence electrons. The number of thiocarbonyl (C=S) groups is 1. The smallest absolute Gasteiger partial charge is 0.414 e. The maximum absolute atomic E-state index is 14.7. The van der Waals surface area contributed by atoms with Crippen molar-refractivity contribution in [1.82, 2.24) is 10.2 Å². The minimum Gasteiger partial charge on any atom is -0.442 e. The first kappa shape index (κ1) is 20.2. The van der Waals surface area contributed by atoms with E-state index in [1.54, 1.807) is 16.7 Å². The fourth-order valence-electron chi connectivity index (χ4n) is 3.35. The van der Waals surface area contributed by atoms with E-state index < -0.39 is 23.8 Å². The summed E-state index contributed by atoms with van der Waals surface area (Å²) in [5.74, 6) is -1.57. The molecule has 2 aliphatic heterocycles. The highest BCUT2D eigenvalue weighted by atomic mass is 32.1. The van der Waals surface area contributed by atoms with Crippen molar-refractivity contribution in [1.29, 1.82) is 0 Å². The molecule has 7 nitrogen and oxygen atoms in total. The molecule has 10 heteroatoms. The number of piperazine rings is 1. The van der Waals surface area contributed by atoms with E-state index in [1.807, 2.05) is 0 Å². The van der Waals surface area contributed by atoms with E-state index in [0.29, 0.717) is 37.7 Å². The number of ether oxygens (including phenoxy) is 1. The van der Waals surface area contributed by atoms with Gasteiger partial charge in [0.2, 0.25) is 5.91 Å². The van der Waals surface area contributed by atoms with Crippen LogP contribution >= 0.6 is 12.2 Å². The molecule has 2 heterocycles. The normalized spacial score (nSPS) is 19.6. The summed E-state index contributed by atoms with van der Waals surface area (Å²) in [6.45, 7) is 5.17. The van der Waals surface area contributed by atoms with Crippen LogP contribution in [0.1, 0.15) is 13.8 Å². The van der Waals surface area contributed by atoms with Crippen molar-refractivity contribution < 1.29 is 23.1 Å². The molecule has 1 N–H and O–H groups in total. The quantitative estimate of drug-likeness (QED) is 0.762. The van der Waals surface area contributed by atoms with Crippen LogP contribution in [-0.4, -0.2) is 67.3 Å². The van der Waals surface area contributed by atoms with Crippen molar-refractivity contribution in [3.05, 3.63) is 23.8 Å². The Labute approximate surface area is 167 Å². The Bertz CT molecular complexity index is 776. The number of carbonyl (C=O) groups is 2. The molecule has 28 heavy (non-hydrogen) atoms. The molecule has 0 radical (unpaired) electrons. The van der Waals surface area contributed by atoms with E-state index in [4.69, 9.17) is 17.0 Å². The number of nitrogens with zero attached hydrogens (tertiary/aromatic N) is 3. The predicted octanol–water partition coefficient (Wildman–Crippen LogP) is 1.90. The molecule has 2 aliphatic rings. The van der Waals surface area contributed by atoms with Crippen LogP contribution in [0.5, 0.6) is 0 Å². The number of cyclic esters (lactones) is 1. The number of halogens is 2. The highest BCUT2D eigenvalue weighted by molar-refractivity contribution is 7.80. The first-order valence-electron chi connectivity index (χ1n) is 8.98. The maximum Gasteiger partial charge on any atom is 0.414 e. The van der Waals surface area contributed by atoms with E-state index in [9.17, 15) is 18.4 Å². The van der Waals surface area contributed by atoms with Gasteiger partial charge in [0.25, 0.3) is 0 Å². The van der Waals surface area contributed by atoms with Crippen LogP contribution in [-0.2, 0) is 9.53 Å². The minimum absolute atomic E-state index is 0.0589. The summed E-state index contributed by atoms with van der Waals surface area (Å²) in [7, 11) is 0. The van der Waals surface area contributed by atoms with E-state index in [2.05, 4.69) is 5.32 Å². The van der Waals surface area contributed by atoms with Gasteiger partial charge in [0.15, 0.2) is 11.6 Å². The molecule has 2 fully saturated rings. The Kier molecular flexibility index (Phi) is 5.97. The van der Waals surface area contributed by atoms with Gasteiger partial charge >= 0.3 is 6.09 Å². The lowest BCUT2D eigenvalue weighted by Gasteiger charge is -2.36. The van der Waals surface area contributed by atoms with E-state index in [1.165, 1.54) is 11.8 Å².